The molecule has 35 heavy (non-hydrogen) atoms. The molecular weight excluding hydrogens is 530 g/mol. The number of rotatable bonds is 7. The van der Waals surface area contributed by atoms with Crippen molar-refractivity contribution in [2.75, 3.05) is 25.7 Å². The van der Waals surface area contributed by atoms with Crippen LogP contribution in [0, 0.1) is 22.0 Å². The van der Waals surface area contributed by atoms with Crippen molar-refractivity contribution in [3.8, 4) is 11.5 Å². The second-order valence-corrected chi connectivity index (χ2v) is 8.94. The van der Waals surface area contributed by atoms with Crippen LogP contribution in [-0.2, 0) is 14.4 Å². The lowest BCUT2D eigenvalue weighted by molar-refractivity contribution is -0.384. The summed E-state index contributed by atoms with van der Waals surface area (Å²) in [6.07, 6.45) is 0. The van der Waals surface area contributed by atoms with Gasteiger partial charge in [-0.15, -0.1) is 0 Å². The molecule has 184 valence electrons. The summed E-state index contributed by atoms with van der Waals surface area (Å²) in [5, 5.41) is 34.2. The first-order chi connectivity index (χ1) is 16.6. The molecule has 2 heterocycles. The largest absolute Gasteiger partial charge is 0.493 e. The van der Waals surface area contributed by atoms with Gasteiger partial charge in [-0.05, 0) is 39.7 Å². The minimum absolute atomic E-state index is 0.0620. The molecule has 0 aromatic heterocycles. The number of benzene rings is 2. The van der Waals surface area contributed by atoms with Crippen molar-refractivity contribution in [2.24, 2.45) is 11.8 Å². The van der Waals surface area contributed by atoms with Crippen LogP contribution in [0.15, 0.2) is 40.9 Å². The van der Waals surface area contributed by atoms with Crippen LogP contribution in [-0.4, -0.2) is 59.3 Å². The van der Waals surface area contributed by atoms with E-state index >= 15 is 0 Å². The number of anilines is 1. The minimum atomic E-state index is -2.17. The predicted molar refractivity (Wildman–Crippen MR) is 123 cm³/mol. The van der Waals surface area contributed by atoms with Gasteiger partial charge in [-0.1, -0.05) is 6.07 Å². The Labute approximate surface area is 206 Å². The number of nitrogens with zero attached hydrogens (tertiary/aromatic N) is 2. The molecule has 0 radical (unpaired) electrons. The molecule has 0 bridgehead atoms. The number of aliphatic hydroxyl groups is 1. The highest BCUT2D eigenvalue weighted by Crippen LogP contribution is 2.51. The highest BCUT2D eigenvalue weighted by atomic mass is 79.9. The number of carboxylic acids is 1. The fraction of sp³-hybridized carbons (Fsp3) is 0.318. The van der Waals surface area contributed by atoms with Gasteiger partial charge < -0.3 is 19.7 Å². The van der Waals surface area contributed by atoms with Crippen LogP contribution < -0.4 is 19.7 Å². The number of amides is 2. The highest BCUT2D eigenvalue weighted by molar-refractivity contribution is 9.10. The molecule has 2 fully saturated rings. The molecule has 0 saturated carbocycles. The Balaban J connectivity index is 1.87. The van der Waals surface area contributed by atoms with Gasteiger partial charge in [0, 0.05) is 18.2 Å². The number of carbonyl (C=O) groups is 3. The van der Waals surface area contributed by atoms with E-state index < -0.39 is 52.7 Å². The van der Waals surface area contributed by atoms with E-state index in [-0.39, 0.29) is 11.4 Å². The maximum atomic E-state index is 13.6. The molecular formula is C22H20BrN3O9. The number of fused-ring (bicyclic) bond motifs is 1. The topological polar surface area (TPSA) is 169 Å². The zero-order chi connectivity index (χ0) is 25.7. The average Bonchev–Trinajstić information content (AvgIpc) is 3.32. The molecule has 4 unspecified atom stereocenters. The first-order valence-electron chi connectivity index (χ1n) is 10.3. The van der Waals surface area contributed by atoms with Gasteiger partial charge >= 0.3 is 5.97 Å². The Hall–Kier alpha value is -3.55. The first kappa shape index (κ1) is 24.6. The van der Waals surface area contributed by atoms with Gasteiger partial charge in [-0.25, -0.2) is 4.90 Å². The summed E-state index contributed by atoms with van der Waals surface area (Å²) < 4.78 is 11.1. The number of halogens is 1. The Kier molecular flexibility index (Phi) is 6.25. The molecule has 2 aromatic rings. The zero-order valence-corrected chi connectivity index (χ0v) is 20.0. The number of hydrogen-bond donors (Lipinski definition) is 3. The van der Waals surface area contributed by atoms with E-state index in [9.17, 15) is 34.7 Å². The van der Waals surface area contributed by atoms with Crippen molar-refractivity contribution in [1.82, 2.24) is 5.32 Å². The molecule has 4 rings (SSSR count). The van der Waals surface area contributed by atoms with Gasteiger partial charge in [-0.2, -0.15) is 0 Å². The number of nitro groups is 1. The Bertz CT molecular complexity index is 1250. The number of carboxylic acid groups (broad SMARTS) is 1. The fourth-order valence-corrected chi connectivity index (χ4v) is 5.44. The van der Waals surface area contributed by atoms with Gasteiger partial charge in [0.2, 0.25) is 11.8 Å². The van der Waals surface area contributed by atoms with Gasteiger partial charge in [0.25, 0.3) is 5.69 Å². The zero-order valence-electron chi connectivity index (χ0n) is 18.4. The summed E-state index contributed by atoms with van der Waals surface area (Å²) in [4.78, 5) is 50.7. The SMILES string of the molecule is COc1cc(C2NC(CO)(C(=O)O)C3C(=O)N(c4cccc([N+](=O)[O-])c4)C(=O)C23)cc(Br)c1OC. The van der Waals surface area contributed by atoms with E-state index in [4.69, 9.17) is 9.47 Å². The highest BCUT2D eigenvalue weighted by Gasteiger charge is 2.68. The standard InChI is InChI=1S/C22H20BrN3O9/c1-34-14-7-10(6-13(23)18(14)35-2)17-15-16(22(9-27,24-17)21(30)31)20(29)25(19(15)28)11-4-3-5-12(8-11)26(32)33/h3-8,15-17,24,27H,9H2,1-2H3,(H,30,31). The van der Waals surface area contributed by atoms with Crippen LogP contribution in [0.1, 0.15) is 11.6 Å². The lowest BCUT2D eigenvalue weighted by atomic mass is 9.79. The van der Waals surface area contributed by atoms with Gasteiger partial charge in [0.05, 0.1) is 47.7 Å². The van der Waals surface area contributed by atoms with Gasteiger partial charge in [0.1, 0.15) is 0 Å². The number of ether oxygens (including phenoxy) is 2. The van der Waals surface area contributed by atoms with Crippen molar-refractivity contribution in [3.05, 3.63) is 56.5 Å². The average molecular weight is 550 g/mol. The van der Waals surface area contributed by atoms with E-state index in [0.29, 0.717) is 21.5 Å². The molecule has 2 saturated heterocycles. The summed E-state index contributed by atoms with van der Waals surface area (Å²) in [5.74, 6) is -5.20. The normalized spacial score (nSPS) is 25.5. The van der Waals surface area contributed by atoms with Crippen LogP contribution in [0.2, 0.25) is 0 Å². The smallest absolute Gasteiger partial charge is 0.327 e. The van der Waals surface area contributed by atoms with Crippen LogP contribution in [0.4, 0.5) is 11.4 Å². The molecule has 2 aromatic carbocycles. The molecule has 0 spiro atoms. The van der Waals surface area contributed by atoms with E-state index in [1.54, 1.807) is 12.1 Å². The summed E-state index contributed by atoms with van der Waals surface area (Å²) in [5.41, 5.74) is -2.17. The third-order valence-electron chi connectivity index (χ3n) is 6.40. The van der Waals surface area contributed by atoms with Crippen molar-refractivity contribution in [3.63, 3.8) is 0 Å². The van der Waals surface area contributed by atoms with Crippen LogP contribution in [0.5, 0.6) is 11.5 Å². The van der Waals surface area contributed by atoms with Gasteiger partial charge in [0.15, 0.2) is 17.0 Å². The van der Waals surface area contributed by atoms with Crippen molar-refractivity contribution < 1.29 is 39.0 Å². The first-order valence-corrected chi connectivity index (χ1v) is 11.1. The lowest BCUT2D eigenvalue weighted by Crippen LogP contribution is -2.58. The van der Waals surface area contributed by atoms with Gasteiger partial charge in [-0.3, -0.25) is 29.8 Å². The van der Waals surface area contributed by atoms with Crippen molar-refractivity contribution in [2.45, 2.75) is 11.6 Å². The molecule has 4 atom stereocenters. The quantitative estimate of drug-likeness (QED) is 0.262. The molecule has 13 heteroatoms. The van der Waals surface area contributed by atoms with Crippen LogP contribution in [0.25, 0.3) is 0 Å². The molecule has 3 N–H and O–H groups in total. The van der Waals surface area contributed by atoms with E-state index in [0.717, 1.165) is 11.0 Å². The van der Waals surface area contributed by atoms with Crippen LogP contribution >= 0.6 is 15.9 Å². The molecule has 0 aliphatic carbocycles. The third-order valence-corrected chi connectivity index (χ3v) is 6.99. The fourth-order valence-electron chi connectivity index (χ4n) is 4.82. The number of methoxy groups -OCH3 is 2. The Morgan fingerprint density at radius 2 is 1.94 bits per heavy atom. The summed E-state index contributed by atoms with van der Waals surface area (Å²) in [7, 11) is 2.84. The third kappa shape index (κ3) is 3.63. The number of nitro benzene ring substituents is 1. The number of nitrogens with one attached hydrogen (secondary N) is 1. The Morgan fingerprint density at radius 3 is 2.51 bits per heavy atom. The maximum absolute atomic E-state index is 13.6. The molecule has 2 aliphatic rings. The maximum Gasteiger partial charge on any atom is 0.327 e. The molecule has 2 amide bonds. The van der Waals surface area contributed by atoms with E-state index in [1.807, 2.05) is 0 Å². The lowest BCUT2D eigenvalue weighted by Gasteiger charge is -2.29. The number of imide groups is 1. The monoisotopic (exact) mass is 549 g/mol. The van der Waals surface area contributed by atoms with Crippen molar-refractivity contribution in [1.29, 1.82) is 0 Å². The summed E-state index contributed by atoms with van der Waals surface area (Å²) >= 11 is 3.37. The van der Waals surface area contributed by atoms with Crippen molar-refractivity contribution >= 4 is 45.1 Å². The molecule has 12 nitrogen and oxygen atoms in total. The summed E-state index contributed by atoms with van der Waals surface area (Å²) in [6.45, 7) is -0.976. The van der Waals surface area contributed by atoms with E-state index in [2.05, 4.69) is 21.2 Å². The Morgan fingerprint density at radius 1 is 1.23 bits per heavy atom. The molecule has 2 aliphatic heterocycles. The number of aliphatic carboxylic acids is 1. The number of aliphatic hydroxyl groups excluding tert-OH is 1. The number of carbonyl (C=O) groups excluding carboxylic acids is 2. The summed E-state index contributed by atoms with van der Waals surface area (Å²) in [6, 6.07) is 7.06. The number of non-ortho nitro benzene ring substituents is 1. The second kappa shape index (κ2) is 8.91. The van der Waals surface area contributed by atoms with E-state index in [1.165, 1.54) is 32.4 Å². The second-order valence-electron chi connectivity index (χ2n) is 8.09. The van der Waals surface area contributed by atoms with Crippen LogP contribution in [0.3, 0.4) is 0 Å². The number of hydrogen-bond acceptors (Lipinski definition) is 9. The predicted octanol–water partition coefficient (Wildman–Crippen LogP) is 1.64. The minimum Gasteiger partial charge on any atom is -0.493 e.